The predicted octanol–water partition coefficient (Wildman–Crippen LogP) is 3.89. The van der Waals surface area contributed by atoms with Crippen LogP contribution < -0.4 is 5.32 Å². The van der Waals surface area contributed by atoms with E-state index in [1.807, 2.05) is 35.7 Å². The Morgan fingerprint density at radius 2 is 2.15 bits per heavy atom. The van der Waals surface area contributed by atoms with Crippen LogP contribution in [-0.4, -0.2) is 4.98 Å². The molecule has 4 nitrogen and oxygen atoms in total. The standard InChI is InChI=1S/C15H11N3OS/c16-6-11-5-14(20-9-11)7-18-13-3-1-12(2-4-13)15-8-17-10-19-15/h1-5,8-10,18H,7H2. The van der Waals surface area contributed by atoms with E-state index in [0.29, 0.717) is 12.1 Å². The zero-order valence-electron chi connectivity index (χ0n) is 10.5. The quantitative estimate of drug-likeness (QED) is 0.788. The van der Waals surface area contributed by atoms with Gasteiger partial charge < -0.3 is 9.73 Å². The Hall–Kier alpha value is -2.58. The summed E-state index contributed by atoms with van der Waals surface area (Å²) in [6.45, 7) is 0.716. The topological polar surface area (TPSA) is 61.9 Å². The largest absolute Gasteiger partial charge is 0.444 e. The van der Waals surface area contributed by atoms with Gasteiger partial charge in [0.05, 0.1) is 11.8 Å². The van der Waals surface area contributed by atoms with E-state index in [0.717, 1.165) is 21.9 Å². The predicted molar refractivity (Wildman–Crippen MR) is 78.3 cm³/mol. The van der Waals surface area contributed by atoms with Gasteiger partial charge in [-0.25, -0.2) is 4.98 Å². The third-order valence-electron chi connectivity index (χ3n) is 2.85. The molecule has 2 heterocycles. The molecule has 0 amide bonds. The number of oxazole rings is 1. The lowest BCUT2D eigenvalue weighted by atomic mass is 10.1. The molecule has 3 aromatic rings. The molecule has 2 aromatic heterocycles. The van der Waals surface area contributed by atoms with Gasteiger partial charge in [0.15, 0.2) is 12.2 Å². The van der Waals surface area contributed by atoms with E-state index in [1.54, 1.807) is 17.5 Å². The van der Waals surface area contributed by atoms with Crippen molar-refractivity contribution in [3.63, 3.8) is 0 Å². The van der Waals surface area contributed by atoms with Crippen LogP contribution in [0.25, 0.3) is 11.3 Å². The van der Waals surface area contributed by atoms with Crippen LogP contribution in [0.2, 0.25) is 0 Å². The van der Waals surface area contributed by atoms with Crippen LogP contribution in [0.15, 0.2) is 52.7 Å². The summed E-state index contributed by atoms with van der Waals surface area (Å²) in [4.78, 5) is 5.04. The zero-order valence-corrected chi connectivity index (χ0v) is 11.4. The van der Waals surface area contributed by atoms with Crippen molar-refractivity contribution in [2.24, 2.45) is 0 Å². The molecular weight excluding hydrogens is 270 g/mol. The summed E-state index contributed by atoms with van der Waals surface area (Å²) in [6, 6.07) is 12.0. The van der Waals surface area contributed by atoms with E-state index in [4.69, 9.17) is 9.68 Å². The third kappa shape index (κ3) is 2.71. The molecule has 0 aliphatic carbocycles. The number of benzene rings is 1. The molecular formula is C15H11N3OS. The molecule has 3 rings (SSSR count). The number of thiophene rings is 1. The second-order valence-corrected chi connectivity index (χ2v) is 5.21. The monoisotopic (exact) mass is 281 g/mol. The van der Waals surface area contributed by atoms with Crippen molar-refractivity contribution < 1.29 is 4.42 Å². The van der Waals surface area contributed by atoms with Crippen LogP contribution in [0.5, 0.6) is 0 Å². The van der Waals surface area contributed by atoms with Crippen LogP contribution in [0.3, 0.4) is 0 Å². The number of aromatic nitrogens is 1. The molecule has 0 saturated heterocycles. The van der Waals surface area contributed by atoms with Crippen molar-refractivity contribution in [3.05, 3.63) is 58.7 Å². The van der Waals surface area contributed by atoms with Gasteiger partial charge in [0.2, 0.25) is 0 Å². The molecule has 0 saturated carbocycles. The highest BCUT2D eigenvalue weighted by Crippen LogP contribution is 2.21. The highest BCUT2D eigenvalue weighted by molar-refractivity contribution is 7.10. The maximum atomic E-state index is 8.78. The minimum atomic E-state index is 0.715. The summed E-state index contributed by atoms with van der Waals surface area (Å²) in [5.74, 6) is 0.758. The maximum Gasteiger partial charge on any atom is 0.181 e. The average Bonchev–Trinajstić information content (AvgIpc) is 3.17. The molecule has 0 aliphatic rings. The first kappa shape index (κ1) is 12.5. The van der Waals surface area contributed by atoms with E-state index in [9.17, 15) is 0 Å². The van der Waals surface area contributed by atoms with Crippen molar-refractivity contribution in [2.75, 3.05) is 5.32 Å². The fourth-order valence-electron chi connectivity index (χ4n) is 1.83. The molecule has 1 N–H and O–H groups in total. The van der Waals surface area contributed by atoms with Gasteiger partial charge in [-0.15, -0.1) is 11.3 Å². The van der Waals surface area contributed by atoms with Gasteiger partial charge in [0, 0.05) is 28.1 Å². The highest BCUT2D eigenvalue weighted by Gasteiger charge is 2.02. The molecule has 0 radical (unpaired) electrons. The Morgan fingerprint density at radius 3 is 2.80 bits per heavy atom. The van der Waals surface area contributed by atoms with Gasteiger partial charge in [-0.05, 0) is 30.3 Å². The van der Waals surface area contributed by atoms with Crippen molar-refractivity contribution >= 4 is 17.0 Å². The van der Waals surface area contributed by atoms with E-state index >= 15 is 0 Å². The first-order valence-corrected chi connectivity index (χ1v) is 6.93. The van der Waals surface area contributed by atoms with E-state index in [2.05, 4.69) is 16.4 Å². The summed E-state index contributed by atoms with van der Waals surface area (Å²) >= 11 is 1.59. The van der Waals surface area contributed by atoms with Gasteiger partial charge in [-0.2, -0.15) is 5.26 Å². The van der Waals surface area contributed by atoms with Gasteiger partial charge in [-0.1, -0.05) is 0 Å². The number of nitrogens with one attached hydrogen (secondary N) is 1. The number of nitriles is 1. The number of nitrogens with zero attached hydrogens (tertiary/aromatic N) is 2. The summed E-state index contributed by atoms with van der Waals surface area (Å²) in [5.41, 5.74) is 2.74. The first-order chi connectivity index (χ1) is 9.85. The Bertz CT molecular complexity index is 723. The van der Waals surface area contributed by atoms with Crippen molar-refractivity contribution in [3.8, 4) is 17.4 Å². The molecule has 98 valence electrons. The number of rotatable bonds is 4. The zero-order chi connectivity index (χ0) is 13.8. The number of hydrogen-bond acceptors (Lipinski definition) is 5. The van der Waals surface area contributed by atoms with E-state index in [1.165, 1.54) is 6.39 Å². The van der Waals surface area contributed by atoms with Gasteiger partial charge in [0.25, 0.3) is 0 Å². The van der Waals surface area contributed by atoms with Crippen LogP contribution in [0, 0.1) is 11.3 Å². The lowest BCUT2D eigenvalue weighted by Crippen LogP contribution is -1.96. The molecule has 0 spiro atoms. The third-order valence-corrected chi connectivity index (χ3v) is 3.79. The molecule has 0 fully saturated rings. The molecule has 0 unspecified atom stereocenters. The van der Waals surface area contributed by atoms with Crippen LogP contribution in [-0.2, 0) is 6.54 Å². The van der Waals surface area contributed by atoms with Gasteiger partial charge >= 0.3 is 0 Å². The Balaban J connectivity index is 1.65. The van der Waals surface area contributed by atoms with Crippen LogP contribution in [0.4, 0.5) is 5.69 Å². The SMILES string of the molecule is N#Cc1csc(CNc2ccc(-c3cnco3)cc2)c1. The smallest absolute Gasteiger partial charge is 0.181 e. The van der Waals surface area contributed by atoms with E-state index < -0.39 is 0 Å². The molecule has 5 heteroatoms. The van der Waals surface area contributed by atoms with Gasteiger partial charge in [-0.3, -0.25) is 0 Å². The molecule has 1 aromatic carbocycles. The lowest BCUT2D eigenvalue weighted by Gasteiger charge is -2.05. The second kappa shape index (κ2) is 5.59. The van der Waals surface area contributed by atoms with Crippen LogP contribution >= 0.6 is 11.3 Å². The summed E-state index contributed by atoms with van der Waals surface area (Å²) in [7, 11) is 0. The summed E-state index contributed by atoms with van der Waals surface area (Å²) < 4.78 is 5.24. The number of anilines is 1. The van der Waals surface area contributed by atoms with E-state index in [-0.39, 0.29) is 0 Å². The van der Waals surface area contributed by atoms with Gasteiger partial charge in [0.1, 0.15) is 6.07 Å². The Morgan fingerprint density at radius 1 is 1.30 bits per heavy atom. The Labute approximate surface area is 120 Å². The highest BCUT2D eigenvalue weighted by atomic mass is 32.1. The minimum absolute atomic E-state index is 0.715. The summed E-state index contributed by atoms with van der Waals surface area (Å²) in [5, 5.41) is 14.0. The normalized spacial score (nSPS) is 10.2. The van der Waals surface area contributed by atoms with Crippen LogP contribution in [0.1, 0.15) is 10.4 Å². The molecule has 0 aliphatic heterocycles. The Kier molecular flexibility index (Phi) is 3.48. The molecule has 20 heavy (non-hydrogen) atoms. The van der Waals surface area contributed by atoms with Crippen molar-refractivity contribution in [1.82, 2.24) is 4.98 Å². The number of hydrogen-bond donors (Lipinski definition) is 1. The maximum absolute atomic E-state index is 8.78. The second-order valence-electron chi connectivity index (χ2n) is 4.21. The summed E-state index contributed by atoms with van der Waals surface area (Å²) in [6.07, 6.45) is 3.11. The minimum Gasteiger partial charge on any atom is -0.444 e. The molecule has 0 atom stereocenters. The average molecular weight is 281 g/mol. The van der Waals surface area contributed by atoms with Crippen molar-refractivity contribution in [2.45, 2.75) is 6.54 Å². The molecule has 0 bridgehead atoms. The van der Waals surface area contributed by atoms with Crippen molar-refractivity contribution in [1.29, 1.82) is 5.26 Å². The first-order valence-electron chi connectivity index (χ1n) is 6.05. The fraction of sp³-hybridized carbons (Fsp3) is 0.0667. The fourth-order valence-corrected chi connectivity index (χ4v) is 2.58. The lowest BCUT2D eigenvalue weighted by molar-refractivity contribution is 0.572.